The van der Waals surface area contributed by atoms with E-state index in [1.807, 2.05) is 19.9 Å². The van der Waals surface area contributed by atoms with Gasteiger partial charge in [0.2, 0.25) is 5.91 Å². The SMILES string of the molecule is COCC(C)C(=O)NC(C(=O)O)c1cc(C)cc(C)c1. The van der Waals surface area contributed by atoms with Gasteiger partial charge in [-0.25, -0.2) is 4.79 Å². The average Bonchev–Trinajstić information content (AvgIpc) is 2.34. The van der Waals surface area contributed by atoms with Crippen LogP contribution in [0.25, 0.3) is 0 Å². The number of carboxylic acid groups (broad SMARTS) is 1. The lowest BCUT2D eigenvalue weighted by Crippen LogP contribution is -2.38. The monoisotopic (exact) mass is 279 g/mol. The first-order valence-electron chi connectivity index (χ1n) is 6.45. The second-order valence-electron chi connectivity index (χ2n) is 5.06. The van der Waals surface area contributed by atoms with Crippen molar-refractivity contribution in [1.29, 1.82) is 0 Å². The fourth-order valence-corrected chi connectivity index (χ4v) is 2.07. The van der Waals surface area contributed by atoms with E-state index < -0.39 is 17.9 Å². The number of methoxy groups -OCH3 is 1. The molecule has 1 aromatic carbocycles. The van der Waals surface area contributed by atoms with Crippen molar-refractivity contribution in [2.45, 2.75) is 26.8 Å². The Kier molecular flexibility index (Phi) is 5.70. The molecule has 20 heavy (non-hydrogen) atoms. The van der Waals surface area contributed by atoms with E-state index in [-0.39, 0.29) is 12.5 Å². The lowest BCUT2D eigenvalue weighted by Gasteiger charge is -2.18. The number of aryl methyl sites for hydroxylation is 2. The highest BCUT2D eigenvalue weighted by molar-refractivity contribution is 5.85. The number of hydrogen-bond donors (Lipinski definition) is 2. The molecule has 0 aromatic heterocycles. The molecule has 1 rings (SSSR count). The number of ether oxygens (including phenoxy) is 1. The van der Waals surface area contributed by atoms with Crippen molar-refractivity contribution in [3.8, 4) is 0 Å². The second-order valence-corrected chi connectivity index (χ2v) is 5.06. The van der Waals surface area contributed by atoms with Crippen LogP contribution in [-0.2, 0) is 14.3 Å². The van der Waals surface area contributed by atoms with Crippen LogP contribution in [0.2, 0.25) is 0 Å². The van der Waals surface area contributed by atoms with E-state index in [4.69, 9.17) is 4.74 Å². The van der Waals surface area contributed by atoms with Crippen molar-refractivity contribution in [3.05, 3.63) is 34.9 Å². The molecule has 0 fully saturated rings. The lowest BCUT2D eigenvalue weighted by atomic mass is 10.0. The normalized spacial score (nSPS) is 13.6. The number of carbonyl (C=O) groups is 2. The van der Waals surface area contributed by atoms with Crippen molar-refractivity contribution in [1.82, 2.24) is 5.32 Å². The van der Waals surface area contributed by atoms with Crippen LogP contribution in [0.15, 0.2) is 18.2 Å². The van der Waals surface area contributed by atoms with Gasteiger partial charge in [-0.3, -0.25) is 4.79 Å². The Morgan fingerprint density at radius 2 is 1.80 bits per heavy atom. The summed E-state index contributed by atoms with van der Waals surface area (Å²) in [5, 5.41) is 11.9. The van der Waals surface area contributed by atoms with Crippen LogP contribution in [0.4, 0.5) is 0 Å². The molecular weight excluding hydrogens is 258 g/mol. The predicted molar refractivity (Wildman–Crippen MR) is 75.5 cm³/mol. The molecule has 5 nitrogen and oxygen atoms in total. The maximum absolute atomic E-state index is 11.9. The minimum atomic E-state index is -1.08. The number of carbonyl (C=O) groups excluding carboxylic acids is 1. The van der Waals surface area contributed by atoms with Gasteiger partial charge in [0.05, 0.1) is 12.5 Å². The first-order valence-corrected chi connectivity index (χ1v) is 6.45. The number of hydrogen-bond acceptors (Lipinski definition) is 3. The van der Waals surface area contributed by atoms with Gasteiger partial charge in [-0.05, 0) is 19.4 Å². The zero-order valence-corrected chi connectivity index (χ0v) is 12.3. The summed E-state index contributed by atoms with van der Waals surface area (Å²) in [5.74, 6) is -1.81. The maximum atomic E-state index is 11.9. The third-order valence-corrected chi connectivity index (χ3v) is 2.98. The summed E-state index contributed by atoms with van der Waals surface area (Å²) in [6.07, 6.45) is 0. The highest BCUT2D eigenvalue weighted by Gasteiger charge is 2.24. The van der Waals surface area contributed by atoms with Crippen LogP contribution in [-0.4, -0.2) is 30.7 Å². The van der Waals surface area contributed by atoms with Gasteiger partial charge >= 0.3 is 5.97 Å². The van der Waals surface area contributed by atoms with E-state index >= 15 is 0 Å². The first-order chi connectivity index (χ1) is 9.35. The van der Waals surface area contributed by atoms with Gasteiger partial charge in [0.15, 0.2) is 6.04 Å². The van der Waals surface area contributed by atoms with Crippen molar-refractivity contribution in [2.75, 3.05) is 13.7 Å². The number of benzene rings is 1. The number of aliphatic carboxylic acids is 1. The van der Waals surface area contributed by atoms with E-state index in [9.17, 15) is 14.7 Å². The number of nitrogens with one attached hydrogen (secondary N) is 1. The van der Waals surface area contributed by atoms with Crippen LogP contribution in [0, 0.1) is 19.8 Å². The highest BCUT2D eigenvalue weighted by atomic mass is 16.5. The van der Waals surface area contributed by atoms with Gasteiger partial charge in [0.1, 0.15) is 0 Å². The number of carboxylic acids is 1. The molecule has 0 heterocycles. The summed E-state index contributed by atoms with van der Waals surface area (Å²) in [5.41, 5.74) is 2.50. The molecule has 0 aliphatic heterocycles. The van der Waals surface area contributed by atoms with Crippen LogP contribution < -0.4 is 5.32 Å². The Balaban J connectivity index is 2.95. The average molecular weight is 279 g/mol. The molecule has 1 aromatic rings. The molecule has 1 amide bonds. The summed E-state index contributed by atoms with van der Waals surface area (Å²) < 4.78 is 4.90. The van der Waals surface area contributed by atoms with Crippen molar-refractivity contribution < 1.29 is 19.4 Å². The number of amides is 1. The largest absolute Gasteiger partial charge is 0.479 e. The molecule has 2 atom stereocenters. The van der Waals surface area contributed by atoms with Crippen molar-refractivity contribution >= 4 is 11.9 Å². The standard InChI is InChI=1S/C15H21NO4/c1-9-5-10(2)7-12(6-9)13(15(18)19)16-14(17)11(3)8-20-4/h5-7,11,13H,8H2,1-4H3,(H,16,17)(H,18,19). The maximum Gasteiger partial charge on any atom is 0.330 e. The quantitative estimate of drug-likeness (QED) is 0.833. The summed E-state index contributed by atoms with van der Waals surface area (Å²) >= 11 is 0. The Morgan fingerprint density at radius 1 is 1.25 bits per heavy atom. The van der Waals surface area contributed by atoms with Gasteiger partial charge in [-0.15, -0.1) is 0 Å². The summed E-state index contributed by atoms with van der Waals surface area (Å²) in [6, 6.07) is 4.46. The highest BCUT2D eigenvalue weighted by Crippen LogP contribution is 2.18. The molecule has 0 radical (unpaired) electrons. The second kappa shape index (κ2) is 7.05. The molecule has 5 heteroatoms. The van der Waals surface area contributed by atoms with E-state index in [1.54, 1.807) is 19.1 Å². The molecule has 0 saturated heterocycles. The van der Waals surface area contributed by atoms with Gasteiger partial charge in [0.25, 0.3) is 0 Å². The van der Waals surface area contributed by atoms with E-state index in [0.717, 1.165) is 11.1 Å². The van der Waals surface area contributed by atoms with Crippen LogP contribution >= 0.6 is 0 Å². The van der Waals surface area contributed by atoms with E-state index in [2.05, 4.69) is 5.32 Å². The lowest BCUT2D eigenvalue weighted by molar-refractivity contribution is -0.142. The van der Waals surface area contributed by atoms with Crippen LogP contribution in [0.1, 0.15) is 29.7 Å². The predicted octanol–water partition coefficient (Wildman–Crippen LogP) is 1.83. The summed E-state index contributed by atoms with van der Waals surface area (Å²) in [6.45, 7) is 5.74. The Bertz CT molecular complexity index is 478. The molecule has 2 unspecified atom stereocenters. The molecular formula is C15H21NO4. The van der Waals surface area contributed by atoms with Gasteiger partial charge in [-0.2, -0.15) is 0 Å². The Labute approximate surface area is 118 Å². The zero-order valence-electron chi connectivity index (χ0n) is 12.3. The molecule has 2 N–H and O–H groups in total. The smallest absolute Gasteiger partial charge is 0.330 e. The molecule has 0 spiro atoms. The minimum absolute atomic E-state index is 0.255. The van der Waals surface area contributed by atoms with Gasteiger partial charge in [-0.1, -0.05) is 36.2 Å². The van der Waals surface area contributed by atoms with Crippen LogP contribution in [0.3, 0.4) is 0 Å². The summed E-state index contributed by atoms with van der Waals surface area (Å²) in [7, 11) is 1.50. The first kappa shape index (κ1) is 16.2. The Morgan fingerprint density at radius 3 is 2.25 bits per heavy atom. The minimum Gasteiger partial charge on any atom is -0.479 e. The molecule has 0 bridgehead atoms. The molecule has 0 aliphatic rings. The van der Waals surface area contributed by atoms with E-state index in [0.29, 0.717) is 5.56 Å². The van der Waals surface area contributed by atoms with E-state index in [1.165, 1.54) is 7.11 Å². The summed E-state index contributed by atoms with van der Waals surface area (Å²) in [4.78, 5) is 23.3. The third-order valence-electron chi connectivity index (χ3n) is 2.98. The molecule has 110 valence electrons. The molecule has 0 aliphatic carbocycles. The third kappa shape index (κ3) is 4.35. The topological polar surface area (TPSA) is 75.6 Å². The van der Waals surface area contributed by atoms with Gasteiger partial charge in [0, 0.05) is 7.11 Å². The van der Waals surface area contributed by atoms with Crippen LogP contribution in [0.5, 0.6) is 0 Å². The Hall–Kier alpha value is -1.88. The fourth-order valence-electron chi connectivity index (χ4n) is 2.07. The van der Waals surface area contributed by atoms with Gasteiger partial charge < -0.3 is 15.2 Å². The fraction of sp³-hybridized carbons (Fsp3) is 0.467. The van der Waals surface area contributed by atoms with Crippen molar-refractivity contribution in [3.63, 3.8) is 0 Å². The molecule has 0 saturated carbocycles. The van der Waals surface area contributed by atoms with Crippen molar-refractivity contribution in [2.24, 2.45) is 5.92 Å². The number of rotatable bonds is 6. The zero-order chi connectivity index (χ0) is 15.3.